The number of fused-ring (bicyclic) bond motifs is 1. The molecule has 1 N–H and O–H groups in total. The van der Waals surface area contributed by atoms with E-state index in [2.05, 4.69) is 52.4 Å². The van der Waals surface area contributed by atoms with Gasteiger partial charge in [0.05, 0.1) is 6.04 Å². The fourth-order valence-corrected chi connectivity index (χ4v) is 5.28. The number of hydrogen-bond acceptors (Lipinski definition) is 4. The number of piperidine rings is 1. The molecule has 0 aliphatic carbocycles. The zero-order valence-corrected chi connectivity index (χ0v) is 21.0. The van der Waals surface area contributed by atoms with Crippen LogP contribution in [0.5, 0.6) is 5.75 Å². The number of rotatable bonds is 4. The predicted octanol–water partition coefficient (Wildman–Crippen LogP) is 6.67. The molecule has 0 aromatic heterocycles. The van der Waals surface area contributed by atoms with Crippen LogP contribution in [0.4, 0.5) is 10.5 Å². The van der Waals surface area contributed by atoms with Crippen molar-refractivity contribution in [2.75, 3.05) is 25.0 Å². The van der Waals surface area contributed by atoms with Gasteiger partial charge in [-0.05, 0) is 81.3 Å². The molecular formula is C26H33BrN2O3. The van der Waals surface area contributed by atoms with Crippen LogP contribution >= 0.6 is 15.9 Å². The minimum absolute atomic E-state index is 0.133. The Morgan fingerprint density at radius 3 is 2.66 bits per heavy atom. The molecule has 6 heteroatoms. The quantitative estimate of drug-likeness (QED) is 0.508. The van der Waals surface area contributed by atoms with Gasteiger partial charge in [-0.3, -0.25) is 0 Å². The van der Waals surface area contributed by atoms with Gasteiger partial charge >= 0.3 is 6.09 Å². The Balaban J connectivity index is 1.43. The van der Waals surface area contributed by atoms with E-state index >= 15 is 0 Å². The van der Waals surface area contributed by atoms with E-state index in [0.717, 1.165) is 48.3 Å². The van der Waals surface area contributed by atoms with Crippen LogP contribution in [0, 0.1) is 0 Å². The zero-order valence-electron chi connectivity index (χ0n) is 19.4. The van der Waals surface area contributed by atoms with Gasteiger partial charge in [-0.1, -0.05) is 35.0 Å². The van der Waals surface area contributed by atoms with Crippen molar-refractivity contribution in [1.82, 2.24) is 4.90 Å². The maximum atomic E-state index is 12.4. The molecule has 0 radical (unpaired) electrons. The second-order valence-electron chi connectivity index (χ2n) is 9.67. The van der Waals surface area contributed by atoms with E-state index in [9.17, 15) is 4.79 Å². The van der Waals surface area contributed by atoms with Crippen molar-refractivity contribution in [2.45, 2.75) is 64.5 Å². The third-order valence-corrected chi connectivity index (χ3v) is 6.91. The van der Waals surface area contributed by atoms with Gasteiger partial charge in [-0.25, -0.2) is 4.79 Å². The monoisotopic (exact) mass is 500 g/mol. The lowest BCUT2D eigenvalue weighted by Crippen LogP contribution is -2.41. The highest BCUT2D eigenvalue weighted by Crippen LogP contribution is 2.40. The first-order chi connectivity index (χ1) is 15.2. The number of anilines is 1. The number of hydrogen-bond donors (Lipinski definition) is 1. The van der Waals surface area contributed by atoms with Crippen molar-refractivity contribution >= 4 is 27.7 Å². The molecule has 1 atom stereocenters. The molecule has 1 amide bonds. The molecule has 5 nitrogen and oxygen atoms in total. The first kappa shape index (κ1) is 23.0. The van der Waals surface area contributed by atoms with E-state index in [1.807, 2.05) is 37.8 Å². The fourth-order valence-electron chi connectivity index (χ4n) is 4.65. The van der Waals surface area contributed by atoms with Crippen molar-refractivity contribution in [1.29, 1.82) is 0 Å². The second kappa shape index (κ2) is 9.34. The number of nitrogens with zero attached hydrogens (tertiary/aromatic N) is 1. The van der Waals surface area contributed by atoms with Crippen molar-refractivity contribution in [3.05, 3.63) is 57.6 Å². The second-order valence-corrected chi connectivity index (χ2v) is 10.5. The van der Waals surface area contributed by atoms with Gasteiger partial charge in [0, 0.05) is 28.8 Å². The topological polar surface area (TPSA) is 50.8 Å². The molecule has 0 spiro atoms. The first-order valence-corrected chi connectivity index (χ1v) is 12.3. The molecule has 4 rings (SSSR count). The van der Waals surface area contributed by atoms with Crippen molar-refractivity contribution in [2.24, 2.45) is 0 Å². The van der Waals surface area contributed by atoms with Gasteiger partial charge in [-0.2, -0.15) is 0 Å². The Bertz CT molecular complexity index is 978. The lowest BCUT2D eigenvalue weighted by Gasteiger charge is -2.34. The summed E-state index contributed by atoms with van der Waals surface area (Å²) in [6, 6.07) is 13.0. The summed E-state index contributed by atoms with van der Waals surface area (Å²) in [6.45, 7) is 10.1. The van der Waals surface area contributed by atoms with Crippen molar-refractivity contribution in [3.8, 4) is 5.75 Å². The molecular weight excluding hydrogens is 468 g/mol. The van der Waals surface area contributed by atoms with Crippen LogP contribution in [0.2, 0.25) is 0 Å². The average Bonchev–Trinajstić information content (AvgIpc) is 3.16. The number of nitrogens with one attached hydrogen (secondary N) is 1. The highest BCUT2D eigenvalue weighted by Gasteiger charge is 2.29. The zero-order chi connectivity index (χ0) is 22.9. The number of halogens is 1. The maximum Gasteiger partial charge on any atom is 0.410 e. The minimum Gasteiger partial charge on any atom is -0.491 e. The van der Waals surface area contributed by atoms with Crippen molar-refractivity contribution in [3.63, 3.8) is 0 Å². The van der Waals surface area contributed by atoms with Crippen LogP contribution in [0.25, 0.3) is 0 Å². The number of amides is 1. The number of carbonyl (C=O) groups is 1. The summed E-state index contributed by atoms with van der Waals surface area (Å²) in [5.74, 6) is 1.42. The molecule has 2 aromatic carbocycles. The van der Waals surface area contributed by atoms with Crippen molar-refractivity contribution < 1.29 is 14.3 Å². The minimum atomic E-state index is -0.452. The molecule has 0 bridgehead atoms. The summed E-state index contributed by atoms with van der Waals surface area (Å²) in [5.41, 5.74) is 4.63. The molecule has 2 aliphatic heterocycles. The van der Waals surface area contributed by atoms with E-state index in [1.165, 1.54) is 16.7 Å². The molecule has 2 aromatic rings. The molecule has 32 heavy (non-hydrogen) atoms. The number of ether oxygens (including phenoxy) is 2. The lowest BCUT2D eigenvalue weighted by atomic mass is 9.85. The molecule has 172 valence electrons. The van der Waals surface area contributed by atoms with E-state index in [-0.39, 0.29) is 12.1 Å². The number of carbonyl (C=O) groups excluding carboxylic acids is 1. The third kappa shape index (κ3) is 5.06. The summed E-state index contributed by atoms with van der Waals surface area (Å²) in [6.07, 6.45) is 2.72. The molecule has 0 saturated carbocycles. The van der Waals surface area contributed by atoms with Gasteiger partial charge in [0.2, 0.25) is 0 Å². The largest absolute Gasteiger partial charge is 0.491 e. The lowest BCUT2D eigenvalue weighted by molar-refractivity contribution is 0.0204. The molecule has 2 heterocycles. The van der Waals surface area contributed by atoms with Crippen LogP contribution in [0.15, 0.2) is 40.9 Å². The van der Waals surface area contributed by atoms with E-state index < -0.39 is 5.60 Å². The van der Waals surface area contributed by atoms with Crippen LogP contribution < -0.4 is 10.1 Å². The van der Waals surface area contributed by atoms with E-state index in [1.54, 1.807) is 0 Å². The number of likely N-dealkylation sites (tertiary alicyclic amines) is 1. The maximum absolute atomic E-state index is 12.4. The Morgan fingerprint density at radius 1 is 1.22 bits per heavy atom. The number of benzene rings is 2. The summed E-state index contributed by atoms with van der Waals surface area (Å²) >= 11 is 3.67. The van der Waals surface area contributed by atoms with Gasteiger partial charge in [0.25, 0.3) is 0 Å². The molecule has 2 aliphatic rings. The van der Waals surface area contributed by atoms with Crippen LogP contribution in [0.3, 0.4) is 0 Å². The molecule has 1 unspecified atom stereocenters. The van der Waals surface area contributed by atoms with Gasteiger partial charge in [0.15, 0.2) is 0 Å². The number of aryl methyl sites for hydroxylation is 1. The van der Waals surface area contributed by atoms with Crippen LogP contribution in [-0.2, 0) is 11.2 Å². The highest BCUT2D eigenvalue weighted by atomic mass is 79.9. The normalized spacial score (nSPS) is 18.8. The summed E-state index contributed by atoms with van der Waals surface area (Å²) in [7, 11) is 0. The highest BCUT2D eigenvalue weighted by molar-refractivity contribution is 9.10. The summed E-state index contributed by atoms with van der Waals surface area (Å²) < 4.78 is 12.5. The van der Waals surface area contributed by atoms with E-state index in [0.29, 0.717) is 12.5 Å². The smallest absolute Gasteiger partial charge is 0.410 e. The van der Waals surface area contributed by atoms with Gasteiger partial charge in [-0.15, -0.1) is 0 Å². The molecule has 1 fully saturated rings. The van der Waals surface area contributed by atoms with E-state index in [4.69, 9.17) is 9.47 Å². The van der Waals surface area contributed by atoms with Crippen LogP contribution in [0.1, 0.15) is 69.2 Å². The Hall–Kier alpha value is -2.21. The summed E-state index contributed by atoms with van der Waals surface area (Å²) in [4.78, 5) is 14.2. The summed E-state index contributed by atoms with van der Waals surface area (Å²) in [5, 5.41) is 3.66. The van der Waals surface area contributed by atoms with Gasteiger partial charge in [0.1, 0.15) is 18.0 Å². The Morgan fingerprint density at radius 2 is 1.97 bits per heavy atom. The average molecular weight is 501 g/mol. The van der Waals surface area contributed by atoms with Gasteiger partial charge < -0.3 is 19.7 Å². The van der Waals surface area contributed by atoms with Crippen LogP contribution in [-0.4, -0.2) is 36.3 Å². The third-order valence-electron chi connectivity index (χ3n) is 6.22. The Kier molecular flexibility index (Phi) is 6.70. The SMILES string of the molecule is CCc1cc(NC2COc3cccc(Br)c32)ccc1C1CCN(C(=O)OC(C)(C)C)CC1. The first-order valence-electron chi connectivity index (χ1n) is 11.5. The Labute approximate surface area is 199 Å². The standard InChI is InChI=1S/C26H33BrN2O3/c1-5-17-15-19(28-22-16-31-23-8-6-7-21(27)24(22)23)9-10-20(17)18-11-13-29(14-12-18)25(30)32-26(2,3)4/h6-10,15,18,22,28H,5,11-14,16H2,1-4H3. The fraction of sp³-hybridized carbons (Fsp3) is 0.500. The molecule has 1 saturated heterocycles. The predicted molar refractivity (Wildman–Crippen MR) is 132 cm³/mol.